The maximum absolute atomic E-state index is 12.0. The Kier molecular flexibility index (Phi) is 3.06. The summed E-state index contributed by atoms with van der Waals surface area (Å²) in [6.07, 6.45) is 1.48. The molecule has 0 radical (unpaired) electrons. The van der Waals surface area contributed by atoms with Crippen molar-refractivity contribution in [1.29, 1.82) is 0 Å². The minimum atomic E-state index is -0.831. The molecule has 3 heterocycles. The molecule has 2 amide bonds. The molecule has 2 unspecified atom stereocenters. The van der Waals surface area contributed by atoms with Gasteiger partial charge in [-0.15, -0.1) is 0 Å². The van der Waals surface area contributed by atoms with Gasteiger partial charge in [0, 0.05) is 19.7 Å². The number of pyridine rings is 1. The number of urea groups is 1. The first-order chi connectivity index (χ1) is 9.58. The monoisotopic (exact) mass is 275 g/mol. The lowest BCUT2D eigenvalue weighted by Crippen LogP contribution is -2.39. The van der Waals surface area contributed by atoms with E-state index in [4.69, 9.17) is 0 Å². The molecular formula is C13H17N5O2. The number of amides is 2. The Morgan fingerprint density at radius 2 is 2.20 bits per heavy atom. The first kappa shape index (κ1) is 12.9. The Hall–Kier alpha value is -2.15. The van der Waals surface area contributed by atoms with Crippen LogP contribution in [-0.2, 0) is 0 Å². The van der Waals surface area contributed by atoms with Crippen LogP contribution in [-0.4, -0.2) is 57.6 Å². The van der Waals surface area contributed by atoms with Gasteiger partial charge in [0.15, 0.2) is 6.23 Å². The molecule has 7 nitrogen and oxygen atoms in total. The van der Waals surface area contributed by atoms with Crippen LogP contribution in [0.25, 0.3) is 0 Å². The van der Waals surface area contributed by atoms with E-state index in [1.165, 1.54) is 9.80 Å². The van der Waals surface area contributed by atoms with Crippen LogP contribution in [0, 0.1) is 0 Å². The summed E-state index contributed by atoms with van der Waals surface area (Å²) < 4.78 is 0. The molecule has 1 aromatic rings. The number of nitrogens with zero attached hydrogens (tertiary/aromatic N) is 5. The second kappa shape index (κ2) is 4.75. The topological polar surface area (TPSA) is 72.3 Å². The number of carbonyl (C=O) groups is 1. The normalized spacial score (nSPS) is 26.4. The number of carbonyl (C=O) groups excluding carboxylic acids is 1. The quantitative estimate of drug-likeness (QED) is 0.818. The van der Waals surface area contributed by atoms with Crippen LogP contribution in [0.1, 0.15) is 13.3 Å². The van der Waals surface area contributed by atoms with Crippen LogP contribution in [0.3, 0.4) is 0 Å². The van der Waals surface area contributed by atoms with Crippen molar-refractivity contribution in [1.82, 2.24) is 14.8 Å². The summed E-state index contributed by atoms with van der Waals surface area (Å²) in [6.45, 7) is 2.32. The molecule has 0 bridgehead atoms. The molecule has 1 saturated heterocycles. The zero-order valence-corrected chi connectivity index (χ0v) is 11.5. The summed E-state index contributed by atoms with van der Waals surface area (Å²) in [4.78, 5) is 19.1. The van der Waals surface area contributed by atoms with Crippen LogP contribution in [0.5, 0.6) is 0 Å². The van der Waals surface area contributed by atoms with Gasteiger partial charge in [-0.3, -0.25) is 4.90 Å². The number of aliphatic hydroxyl groups is 1. The lowest BCUT2D eigenvalue weighted by atomic mass is 10.2. The third-order valence-corrected chi connectivity index (χ3v) is 3.55. The Bertz CT molecular complexity index is 547. The predicted octanol–water partition coefficient (Wildman–Crippen LogP) is 0.679. The number of β-amino-alcohol motifs (C(OH)–C–C–N with tert-alkyl or cyclic N) is 1. The van der Waals surface area contributed by atoms with E-state index in [-0.39, 0.29) is 12.1 Å². The zero-order valence-electron chi connectivity index (χ0n) is 11.5. The van der Waals surface area contributed by atoms with Crippen molar-refractivity contribution in [2.45, 2.75) is 25.6 Å². The maximum atomic E-state index is 12.0. The highest BCUT2D eigenvalue weighted by molar-refractivity contribution is 6.00. The van der Waals surface area contributed by atoms with E-state index in [1.54, 1.807) is 18.3 Å². The highest BCUT2D eigenvalue weighted by atomic mass is 16.3. The van der Waals surface area contributed by atoms with Crippen molar-refractivity contribution in [2.24, 2.45) is 5.10 Å². The Labute approximate surface area is 117 Å². The van der Waals surface area contributed by atoms with Gasteiger partial charge in [0.2, 0.25) is 0 Å². The fourth-order valence-electron chi connectivity index (χ4n) is 2.53. The standard InChI is InChI=1S/C13H17N5O2/c1-9-7-11(17-12(19)8-16(2)13(17)20)15-18(9)10-5-3-4-6-14-10/h3-6,9,12,19H,7-8H2,1-2H3. The molecule has 1 N–H and O–H groups in total. The number of aromatic nitrogens is 1. The van der Waals surface area contributed by atoms with Crippen molar-refractivity contribution >= 4 is 17.7 Å². The maximum Gasteiger partial charge on any atom is 0.327 e. The van der Waals surface area contributed by atoms with E-state index in [0.717, 1.165) is 5.82 Å². The van der Waals surface area contributed by atoms with Crippen LogP contribution in [0.2, 0.25) is 0 Å². The SMILES string of the molecule is CC1CC(N2C(=O)N(C)CC2O)=NN1c1ccccn1. The van der Waals surface area contributed by atoms with Crippen molar-refractivity contribution in [3.8, 4) is 0 Å². The summed E-state index contributed by atoms with van der Waals surface area (Å²) in [5.41, 5.74) is 0. The number of hydrogen-bond donors (Lipinski definition) is 1. The van der Waals surface area contributed by atoms with Crippen LogP contribution < -0.4 is 5.01 Å². The fraction of sp³-hybridized carbons (Fsp3) is 0.462. The van der Waals surface area contributed by atoms with Gasteiger partial charge in [0.1, 0.15) is 11.7 Å². The van der Waals surface area contributed by atoms with E-state index < -0.39 is 6.23 Å². The number of aliphatic hydroxyl groups excluding tert-OH is 1. The van der Waals surface area contributed by atoms with Crippen molar-refractivity contribution in [2.75, 3.05) is 18.6 Å². The first-order valence-electron chi connectivity index (χ1n) is 6.58. The predicted molar refractivity (Wildman–Crippen MR) is 74.1 cm³/mol. The molecule has 2 aliphatic rings. The summed E-state index contributed by atoms with van der Waals surface area (Å²) in [6, 6.07) is 5.50. The largest absolute Gasteiger partial charge is 0.371 e. The molecule has 0 saturated carbocycles. The molecule has 1 aromatic heterocycles. The smallest absolute Gasteiger partial charge is 0.327 e. The molecule has 0 aliphatic carbocycles. The second-order valence-corrected chi connectivity index (χ2v) is 5.12. The molecule has 2 atom stereocenters. The first-order valence-corrected chi connectivity index (χ1v) is 6.58. The number of rotatable bonds is 1. The molecule has 1 fully saturated rings. The van der Waals surface area contributed by atoms with Crippen LogP contribution >= 0.6 is 0 Å². The summed E-state index contributed by atoms with van der Waals surface area (Å²) in [7, 11) is 1.67. The van der Waals surface area contributed by atoms with Gasteiger partial charge >= 0.3 is 6.03 Å². The molecule has 0 aromatic carbocycles. The highest BCUT2D eigenvalue weighted by Gasteiger charge is 2.40. The molecular weight excluding hydrogens is 258 g/mol. The third kappa shape index (κ3) is 2.00. The van der Waals surface area contributed by atoms with Crippen LogP contribution in [0.15, 0.2) is 29.5 Å². The Morgan fingerprint density at radius 3 is 2.80 bits per heavy atom. The number of hydrogen-bond acceptors (Lipinski definition) is 5. The summed E-state index contributed by atoms with van der Waals surface area (Å²) in [5, 5.41) is 16.2. The number of amidine groups is 1. The van der Waals surface area contributed by atoms with Crippen LogP contribution in [0.4, 0.5) is 10.6 Å². The van der Waals surface area contributed by atoms with Gasteiger partial charge in [-0.25, -0.2) is 14.8 Å². The number of anilines is 1. The van der Waals surface area contributed by atoms with Gasteiger partial charge in [0.05, 0.1) is 12.6 Å². The Balaban J connectivity index is 1.87. The van der Waals surface area contributed by atoms with E-state index in [1.807, 2.05) is 25.1 Å². The average Bonchev–Trinajstić information content (AvgIpc) is 2.92. The molecule has 20 heavy (non-hydrogen) atoms. The molecule has 3 rings (SSSR count). The van der Waals surface area contributed by atoms with Gasteiger partial charge in [0.25, 0.3) is 0 Å². The zero-order chi connectivity index (χ0) is 14.3. The summed E-state index contributed by atoms with van der Waals surface area (Å²) in [5.74, 6) is 1.33. The molecule has 106 valence electrons. The van der Waals surface area contributed by atoms with Gasteiger partial charge < -0.3 is 10.0 Å². The number of hydrazone groups is 1. The highest BCUT2D eigenvalue weighted by Crippen LogP contribution is 2.26. The van der Waals surface area contributed by atoms with Gasteiger partial charge in [-0.2, -0.15) is 5.10 Å². The third-order valence-electron chi connectivity index (χ3n) is 3.55. The average molecular weight is 275 g/mol. The second-order valence-electron chi connectivity index (χ2n) is 5.12. The minimum Gasteiger partial charge on any atom is -0.371 e. The minimum absolute atomic E-state index is 0.103. The van der Waals surface area contributed by atoms with Crippen molar-refractivity contribution < 1.29 is 9.90 Å². The molecule has 7 heteroatoms. The lowest BCUT2D eigenvalue weighted by molar-refractivity contribution is 0.103. The van der Waals surface area contributed by atoms with Crippen molar-refractivity contribution in [3.05, 3.63) is 24.4 Å². The van der Waals surface area contributed by atoms with E-state index in [9.17, 15) is 9.90 Å². The summed E-state index contributed by atoms with van der Waals surface area (Å²) >= 11 is 0. The van der Waals surface area contributed by atoms with Crippen molar-refractivity contribution in [3.63, 3.8) is 0 Å². The van der Waals surface area contributed by atoms with Gasteiger partial charge in [-0.1, -0.05) is 6.07 Å². The lowest BCUT2D eigenvalue weighted by Gasteiger charge is -2.17. The molecule has 0 spiro atoms. The fourth-order valence-corrected chi connectivity index (χ4v) is 2.53. The van der Waals surface area contributed by atoms with Gasteiger partial charge in [-0.05, 0) is 19.1 Å². The number of likely N-dealkylation sites (N-methyl/N-ethyl adjacent to an activating group) is 1. The Morgan fingerprint density at radius 1 is 1.40 bits per heavy atom. The molecule has 2 aliphatic heterocycles. The van der Waals surface area contributed by atoms with E-state index in [0.29, 0.717) is 18.8 Å². The van der Waals surface area contributed by atoms with E-state index in [2.05, 4.69) is 10.1 Å². The van der Waals surface area contributed by atoms with E-state index >= 15 is 0 Å².